The van der Waals surface area contributed by atoms with Gasteiger partial charge in [0.25, 0.3) is 0 Å². The van der Waals surface area contributed by atoms with E-state index in [-0.39, 0.29) is 6.42 Å². The molecule has 0 fully saturated rings. The number of hydrogen-bond acceptors (Lipinski definition) is 5. The fourth-order valence-electron chi connectivity index (χ4n) is 1.55. The Hall–Kier alpha value is -2.24. The van der Waals surface area contributed by atoms with Gasteiger partial charge in [-0.2, -0.15) is 0 Å². The molecule has 1 N–H and O–H groups in total. The number of nitrogens with one attached hydrogen (secondary N) is 1. The molecule has 1 aromatic carbocycles. The number of anilines is 1. The summed E-state index contributed by atoms with van der Waals surface area (Å²) in [6.07, 6.45) is -0.351. The van der Waals surface area contributed by atoms with Gasteiger partial charge in [-0.3, -0.25) is 9.59 Å². The average Bonchev–Trinajstić information content (AvgIpc) is 2.39. The monoisotopic (exact) mass is 267 g/mol. The minimum Gasteiger partial charge on any atom is -0.496 e. The second-order valence-electron chi connectivity index (χ2n) is 3.82. The molecule has 0 bridgehead atoms. The van der Waals surface area contributed by atoms with Crippen LogP contribution in [-0.2, 0) is 14.3 Å². The summed E-state index contributed by atoms with van der Waals surface area (Å²) in [5.74, 6) is 0.0392. The molecule has 19 heavy (non-hydrogen) atoms. The van der Waals surface area contributed by atoms with Crippen LogP contribution < -0.4 is 14.8 Å². The standard InChI is InChI=1S/C13H17NO5/c1-8-5-11(18-3)9(6-10(8)17-2)14-12(15)7-13(16)19-4/h5-6H,7H2,1-4H3,(H,14,15). The fourth-order valence-corrected chi connectivity index (χ4v) is 1.55. The van der Waals surface area contributed by atoms with Crippen molar-refractivity contribution in [3.8, 4) is 11.5 Å². The Kier molecular flexibility index (Phi) is 5.17. The average molecular weight is 267 g/mol. The van der Waals surface area contributed by atoms with E-state index in [9.17, 15) is 9.59 Å². The number of hydrogen-bond donors (Lipinski definition) is 1. The number of carbonyl (C=O) groups excluding carboxylic acids is 2. The van der Waals surface area contributed by atoms with E-state index in [0.29, 0.717) is 17.2 Å². The number of rotatable bonds is 5. The molecule has 0 aliphatic heterocycles. The highest BCUT2D eigenvalue weighted by Gasteiger charge is 2.14. The smallest absolute Gasteiger partial charge is 0.315 e. The summed E-state index contributed by atoms with van der Waals surface area (Å²) in [7, 11) is 4.26. The van der Waals surface area contributed by atoms with E-state index in [1.807, 2.05) is 6.92 Å². The lowest BCUT2D eigenvalue weighted by Crippen LogP contribution is -2.17. The lowest BCUT2D eigenvalue weighted by Gasteiger charge is -2.13. The minimum absolute atomic E-state index is 0.351. The first-order valence-electron chi connectivity index (χ1n) is 5.61. The van der Waals surface area contributed by atoms with Crippen LogP contribution in [0.25, 0.3) is 0 Å². The molecule has 0 aromatic heterocycles. The van der Waals surface area contributed by atoms with Gasteiger partial charge in [0.15, 0.2) is 0 Å². The SMILES string of the molecule is COC(=O)CC(=O)Nc1cc(OC)c(C)cc1OC. The number of esters is 1. The van der Waals surface area contributed by atoms with Crippen molar-refractivity contribution in [3.05, 3.63) is 17.7 Å². The molecule has 6 nitrogen and oxygen atoms in total. The Bertz CT molecular complexity index is 484. The zero-order chi connectivity index (χ0) is 14.4. The molecule has 0 aliphatic carbocycles. The van der Waals surface area contributed by atoms with Gasteiger partial charge in [0.05, 0.1) is 27.0 Å². The van der Waals surface area contributed by atoms with E-state index >= 15 is 0 Å². The van der Waals surface area contributed by atoms with Crippen molar-refractivity contribution in [2.45, 2.75) is 13.3 Å². The topological polar surface area (TPSA) is 73.9 Å². The lowest BCUT2D eigenvalue weighted by atomic mass is 10.2. The fraction of sp³-hybridized carbons (Fsp3) is 0.385. The normalized spacial score (nSPS) is 9.68. The van der Waals surface area contributed by atoms with Crippen LogP contribution in [-0.4, -0.2) is 33.2 Å². The highest BCUT2D eigenvalue weighted by Crippen LogP contribution is 2.32. The van der Waals surface area contributed by atoms with Crippen molar-refractivity contribution < 1.29 is 23.8 Å². The molecule has 0 saturated heterocycles. The quantitative estimate of drug-likeness (QED) is 0.646. The molecule has 0 atom stereocenters. The van der Waals surface area contributed by atoms with E-state index in [0.717, 1.165) is 5.56 Å². The summed E-state index contributed by atoms with van der Waals surface area (Å²) in [5, 5.41) is 2.58. The largest absolute Gasteiger partial charge is 0.496 e. The van der Waals surface area contributed by atoms with Crippen molar-refractivity contribution in [1.82, 2.24) is 0 Å². The van der Waals surface area contributed by atoms with Crippen molar-refractivity contribution in [2.24, 2.45) is 0 Å². The van der Waals surface area contributed by atoms with Gasteiger partial charge < -0.3 is 19.5 Å². The minimum atomic E-state index is -0.601. The van der Waals surface area contributed by atoms with Crippen LogP contribution in [0.2, 0.25) is 0 Å². The van der Waals surface area contributed by atoms with Gasteiger partial charge in [0.2, 0.25) is 5.91 Å². The molecule has 1 aromatic rings. The van der Waals surface area contributed by atoms with Crippen LogP contribution in [0, 0.1) is 6.92 Å². The number of aryl methyl sites for hydroxylation is 1. The number of benzene rings is 1. The Morgan fingerprint density at radius 2 is 1.74 bits per heavy atom. The molecular weight excluding hydrogens is 250 g/mol. The number of carbonyl (C=O) groups is 2. The number of methoxy groups -OCH3 is 3. The molecule has 1 rings (SSSR count). The Balaban J connectivity index is 2.93. The first kappa shape index (κ1) is 14.8. The van der Waals surface area contributed by atoms with Crippen LogP contribution in [0.1, 0.15) is 12.0 Å². The molecule has 0 unspecified atom stereocenters. The second-order valence-corrected chi connectivity index (χ2v) is 3.82. The van der Waals surface area contributed by atoms with Crippen molar-refractivity contribution >= 4 is 17.6 Å². The maximum atomic E-state index is 11.6. The molecular formula is C13H17NO5. The van der Waals surface area contributed by atoms with Gasteiger partial charge in [0, 0.05) is 6.07 Å². The van der Waals surface area contributed by atoms with E-state index in [1.54, 1.807) is 12.1 Å². The van der Waals surface area contributed by atoms with Crippen molar-refractivity contribution in [2.75, 3.05) is 26.6 Å². The van der Waals surface area contributed by atoms with Gasteiger partial charge in [-0.05, 0) is 18.6 Å². The molecule has 6 heteroatoms. The Morgan fingerprint density at radius 3 is 2.26 bits per heavy atom. The highest BCUT2D eigenvalue weighted by molar-refractivity contribution is 6.02. The van der Waals surface area contributed by atoms with Gasteiger partial charge in [0.1, 0.15) is 17.9 Å². The molecule has 1 amide bonds. The van der Waals surface area contributed by atoms with Crippen molar-refractivity contribution in [1.29, 1.82) is 0 Å². The van der Waals surface area contributed by atoms with Crippen LogP contribution in [0.4, 0.5) is 5.69 Å². The molecule has 0 spiro atoms. The maximum Gasteiger partial charge on any atom is 0.315 e. The van der Waals surface area contributed by atoms with Gasteiger partial charge in [-0.15, -0.1) is 0 Å². The molecule has 0 heterocycles. The summed E-state index contributed by atoms with van der Waals surface area (Å²) in [6, 6.07) is 3.38. The van der Waals surface area contributed by atoms with Crippen LogP contribution >= 0.6 is 0 Å². The number of ether oxygens (including phenoxy) is 3. The molecule has 0 radical (unpaired) electrons. The summed E-state index contributed by atoms with van der Waals surface area (Å²) < 4.78 is 14.8. The summed E-state index contributed by atoms with van der Waals surface area (Å²) >= 11 is 0. The highest BCUT2D eigenvalue weighted by atomic mass is 16.5. The van der Waals surface area contributed by atoms with Gasteiger partial charge in [-0.25, -0.2) is 0 Å². The maximum absolute atomic E-state index is 11.6. The van der Waals surface area contributed by atoms with Gasteiger partial charge >= 0.3 is 5.97 Å². The Morgan fingerprint density at radius 1 is 1.11 bits per heavy atom. The van der Waals surface area contributed by atoms with Gasteiger partial charge in [-0.1, -0.05) is 0 Å². The zero-order valence-corrected chi connectivity index (χ0v) is 11.4. The molecule has 0 saturated carbocycles. The van der Waals surface area contributed by atoms with E-state index in [1.165, 1.54) is 21.3 Å². The second kappa shape index (κ2) is 6.63. The lowest BCUT2D eigenvalue weighted by molar-refractivity contribution is -0.142. The zero-order valence-electron chi connectivity index (χ0n) is 11.4. The predicted molar refractivity (Wildman–Crippen MR) is 69.5 cm³/mol. The third kappa shape index (κ3) is 3.87. The Labute approximate surface area is 111 Å². The van der Waals surface area contributed by atoms with Crippen LogP contribution in [0.15, 0.2) is 12.1 Å². The molecule has 0 aliphatic rings. The summed E-state index contributed by atoms with van der Waals surface area (Å²) in [4.78, 5) is 22.6. The van der Waals surface area contributed by atoms with E-state index < -0.39 is 11.9 Å². The third-order valence-corrected chi connectivity index (χ3v) is 2.52. The summed E-state index contributed by atoms with van der Waals surface area (Å²) in [5.41, 5.74) is 1.32. The van der Waals surface area contributed by atoms with Crippen LogP contribution in [0.5, 0.6) is 11.5 Å². The molecule has 104 valence electrons. The van der Waals surface area contributed by atoms with E-state index in [4.69, 9.17) is 9.47 Å². The summed E-state index contributed by atoms with van der Waals surface area (Å²) in [6.45, 7) is 1.86. The third-order valence-electron chi connectivity index (χ3n) is 2.52. The first-order valence-corrected chi connectivity index (χ1v) is 5.61. The predicted octanol–water partition coefficient (Wildman–Crippen LogP) is 1.51. The van der Waals surface area contributed by atoms with E-state index in [2.05, 4.69) is 10.1 Å². The van der Waals surface area contributed by atoms with Crippen LogP contribution in [0.3, 0.4) is 0 Å². The van der Waals surface area contributed by atoms with Crippen molar-refractivity contribution in [3.63, 3.8) is 0 Å². The number of amides is 1. The first-order chi connectivity index (χ1) is 9.01.